The van der Waals surface area contributed by atoms with Crippen molar-refractivity contribution in [2.24, 2.45) is 0 Å². The molecule has 0 bridgehead atoms. The molecule has 2 unspecified atom stereocenters. The fraction of sp³-hybridized carbons (Fsp3) is 0.600. The van der Waals surface area contributed by atoms with Crippen LogP contribution in [0.1, 0.15) is 32.3 Å². The second-order valence-corrected chi connectivity index (χ2v) is 5.37. The van der Waals surface area contributed by atoms with Gasteiger partial charge in [-0.3, -0.25) is 0 Å². The summed E-state index contributed by atoms with van der Waals surface area (Å²) in [6, 6.07) is 2.17. The zero-order valence-corrected chi connectivity index (χ0v) is 12.1. The third kappa shape index (κ3) is 3.67. The van der Waals surface area contributed by atoms with Crippen LogP contribution in [0.15, 0.2) is 12.1 Å². The van der Waals surface area contributed by atoms with Crippen molar-refractivity contribution in [3.05, 3.63) is 29.3 Å². The first-order chi connectivity index (χ1) is 9.49. The van der Waals surface area contributed by atoms with Gasteiger partial charge in [-0.05, 0) is 27.0 Å². The molecule has 1 aromatic rings. The van der Waals surface area contributed by atoms with Gasteiger partial charge >= 0.3 is 0 Å². The molecule has 0 radical (unpaired) electrons. The molecule has 0 aliphatic carbocycles. The fourth-order valence-electron chi connectivity index (χ4n) is 2.67. The lowest BCUT2D eigenvalue weighted by molar-refractivity contribution is -0.0729. The minimum absolute atomic E-state index is 0.0833. The van der Waals surface area contributed by atoms with Crippen LogP contribution in [0.4, 0.5) is 8.78 Å². The Kier molecular flexibility index (Phi) is 4.94. The van der Waals surface area contributed by atoms with E-state index in [1.807, 2.05) is 13.8 Å². The van der Waals surface area contributed by atoms with E-state index < -0.39 is 11.6 Å². The maximum absolute atomic E-state index is 14.0. The summed E-state index contributed by atoms with van der Waals surface area (Å²) in [5.41, 5.74) is 0.497. The average molecular weight is 285 g/mol. The number of benzene rings is 1. The third-order valence-electron chi connectivity index (χ3n) is 3.39. The highest BCUT2D eigenvalue weighted by Crippen LogP contribution is 2.29. The molecule has 2 rings (SSSR count). The molecule has 1 N–H and O–H groups in total. The fourth-order valence-corrected chi connectivity index (χ4v) is 2.67. The topological polar surface area (TPSA) is 30.5 Å². The van der Waals surface area contributed by atoms with Crippen molar-refractivity contribution in [2.75, 3.05) is 7.05 Å². The number of halogens is 2. The molecule has 1 fully saturated rings. The van der Waals surface area contributed by atoms with Gasteiger partial charge in [0.25, 0.3) is 0 Å². The first-order valence-electron chi connectivity index (χ1n) is 6.94. The van der Waals surface area contributed by atoms with Crippen LogP contribution in [-0.4, -0.2) is 25.4 Å². The second-order valence-electron chi connectivity index (χ2n) is 5.37. The van der Waals surface area contributed by atoms with E-state index in [9.17, 15) is 8.78 Å². The highest BCUT2D eigenvalue weighted by atomic mass is 19.1. The van der Waals surface area contributed by atoms with Crippen LogP contribution in [-0.2, 0) is 11.3 Å². The van der Waals surface area contributed by atoms with Gasteiger partial charge in [0.1, 0.15) is 11.9 Å². The van der Waals surface area contributed by atoms with Crippen LogP contribution in [0.5, 0.6) is 5.75 Å². The van der Waals surface area contributed by atoms with Gasteiger partial charge in [-0.2, -0.15) is 0 Å². The highest BCUT2D eigenvalue weighted by molar-refractivity contribution is 5.36. The molecule has 1 saturated heterocycles. The number of ether oxygens (including phenoxy) is 2. The molecule has 20 heavy (non-hydrogen) atoms. The highest BCUT2D eigenvalue weighted by Gasteiger charge is 2.27. The van der Waals surface area contributed by atoms with Crippen molar-refractivity contribution in [3.63, 3.8) is 0 Å². The predicted molar refractivity (Wildman–Crippen MR) is 72.8 cm³/mol. The minimum Gasteiger partial charge on any atom is -0.487 e. The summed E-state index contributed by atoms with van der Waals surface area (Å²) in [6.07, 6.45) is 1.48. The molecule has 0 spiro atoms. The summed E-state index contributed by atoms with van der Waals surface area (Å²) in [7, 11) is 1.73. The number of rotatable bonds is 4. The Morgan fingerprint density at radius 3 is 2.50 bits per heavy atom. The Hall–Kier alpha value is -1.20. The van der Waals surface area contributed by atoms with Gasteiger partial charge in [0.15, 0.2) is 11.6 Å². The third-order valence-corrected chi connectivity index (χ3v) is 3.39. The number of hydrogen-bond acceptors (Lipinski definition) is 3. The summed E-state index contributed by atoms with van der Waals surface area (Å²) in [4.78, 5) is 0. The lowest BCUT2D eigenvalue weighted by Gasteiger charge is -2.32. The molecule has 0 amide bonds. The van der Waals surface area contributed by atoms with E-state index in [1.165, 1.54) is 6.07 Å². The van der Waals surface area contributed by atoms with Gasteiger partial charge in [0, 0.05) is 31.0 Å². The normalized spacial score (nSPS) is 26.6. The molecular formula is C15H21F2NO2. The minimum atomic E-state index is -0.651. The largest absolute Gasteiger partial charge is 0.487 e. The van der Waals surface area contributed by atoms with Crippen molar-refractivity contribution in [2.45, 2.75) is 51.5 Å². The zero-order valence-electron chi connectivity index (χ0n) is 12.1. The Morgan fingerprint density at radius 2 is 1.90 bits per heavy atom. The first kappa shape index (κ1) is 15.2. The molecule has 2 atom stereocenters. The monoisotopic (exact) mass is 285 g/mol. The van der Waals surface area contributed by atoms with Gasteiger partial charge in [-0.15, -0.1) is 0 Å². The maximum Gasteiger partial charge on any atom is 0.168 e. The van der Waals surface area contributed by atoms with E-state index >= 15 is 0 Å². The smallest absolute Gasteiger partial charge is 0.168 e. The van der Waals surface area contributed by atoms with Crippen molar-refractivity contribution < 1.29 is 18.3 Å². The van der Waals surface area contributed by atoms with Crippen LogP contribution in [0.3, 0.4) is 0 Å². The average Bonchev–Trinajstić information content (AvgIpc) is 2.32. The van der Waals surface area contributed by atoms with E-state index in [-0.39, 0.29) is 24.1 Å². The number of hydrogen-bond donors (Lipinski definition) is 1. The zero-order chi connectivity index (χ0) is 14.7. The lowest BCUT2D eigenvalue weighted by Crippen LogP contribution is -2.36. The molecule has 5 heteroatoms. The van der Waals surface area contributed by atoms with Gasteiger partial charge in [0.2, 0.25) is 0 Å². The first-order valence-corrected chi connectivity index (χ1v) is 6.94. The van der Waals surface area contributed by atoms with Gasteiger partial charge < -0.3 is 14.8 Å². The lowest BCUT2D eigenvalue weighted by atomic mass is 10.0. The molecule has 1 aliphatic heterocycles. The van der Waals surface area contributed by atoms with E-state index in [1.54, 1.807) is 7.05 Å². The summed E-state index contributed by atoms with van der Waals surface area (Å²) in [5.74, 6) is -1.09. The molecule has 1 aromatic carbocycles. The van der Waals surface area contributed by atoms with Crippen molar-refractivity contribution in [3.8, 4) is 5.75 Å². The van der Waals surface area contributed by atoms with Gasteiger partial charge in [-0.25, -0.2) is 8.78 Å². The molecule has 1 aliphatic rings. The molecule has 0 aromatic heterocycles. The van der Waals surface area contributed by atoms with E-state index in [2.05, 4.69) is 5.32 Å². The van der Waals surface area contributed by atoms with Crippen molar-refractivity contribution >= 4 is 0 Å². The predicted octanol–water partition coefficient (Wildman–Crippen LogP) is 3.02. The molecule has 1 heterocycles. The second kappa shape index (κ2) is 6.50. The van der Waals surface area contributed by atoms with Crippen LogP contribution in [0.2, 0.25) is 0 Å². The van der Waals surface area contributed by atoms with Crippen LogP contribution in [0, 0.1) is 11.6 Å². The maximum atomic E-state index is 14.0. The van der Waals surface area contributed by atoms with E-state index in [0.29, 0.717) is 24.9 Å². The Balaban J connectivity index is 2.19. The summed E-state index contributed by atoms with van der Waals surface area (Å²) >= 11 is 0. The number of nitrogens with one attached hydrogen (secondary N) is 1. The SMILES string of the molecule is CNCc1cc(F)cc(F)c1OC1CC(C)OC(C)C1. The van der Waals surface area contributed by atoms with Crippen LogP contribution in [0.25, 0.3) is 0 Å². The van der Waals surface area contributed by atoms with Crippen LogP contribution >= 0.6 is 0 Å². The van der Waals surface area contributed by atoms with Crippen LogP contribution < -0.4 is 10.1 Å². The Labute approximate surface area is 118 Å². The standard InChI is InChI=1S/C15H21F2NO2/c1-9-4-13(5-10(2)19-9)20-15-11(8-18-3)6-12(16)7-14(15)17/h6-7,9-10,13,18H,4-5,8H2,1-3H3. The van der Waals surface area contributed by atoms with Gasteiger partial charge in [0.05, 0.1) is 12.2 Å². The summed E-state index contributed by atoms with van der Waals surface area (Å²) in [5, 5.41) is 2.90. The van der Waals surface area contributed by atoms with Crippen molar-refractivity contribution in [1.82, 2.24) is 5.32 Å². The van der Waals surface area contributed by atoms with Crippen molar-refractivity contribution in [1.29, 1.82) is 0 Å². The summed E-state index contributed by atoms with van der Waals surface area (Å²) in [6.45, 7) is 4.31. The van der Waals surface area contributed by atoms with E-state index in [4.69, 9.17) is 9.47 Å². The quantitative estimate of drug-likeness (QED) is 0.922. The molecule has 3 nitrogen and oxygen atoms in total. The van der Waals surface area contributed by atoms with E-state index in [0.717, 1.165) is 6.07 Å². The molecular weight excluding hydrogens is 264 g/mol. The molecule has 112 valence electrons. The Morgan fingerprint density at radius 1 is 1.25 bits per heavy atom. The summed E-state index contributed by atoms with van der Waals surface area (Å²) < 4.78 is 38.7. The Bertz CT molecular complexity index is 457. The van der Waals surface area contributed by atoms with Gasteiger partial charge in [-0.1, -0.05) is 0 Å². The molecule has 0 saturated carbocycles.